The van der Waals surface area contributed by atoms with Crippen molar-refractivity contribution in [1.29, 1.82) is 0 Å². The Morgan fingerprint density at radius 1 is 1.24 bits per heavy atom. The number of rotatable bonds is 6. The molecular weight excluding hydrogens is 230 g/mol. The first-order valence-electron chi connectivity index (χ1n) is 6.35. The summed E-state index contributed by atoms with van der Waals surface area (Å²) in [7, 11) is 0. The van der Waals surface area contributed by atoms with Gasteiger partial charge in [-0.2, -0.15) is 0 Å². The molecule has 0 heterocycles. The van der Waals surface area contributed by atoms with Crippen molar-refractivity contribution < 1.29 is 0 Å². The van der Waals surface area contributed by atoms with Gasteiger partial charge in [0.25, 0.3) is 0 Å². The van der Waals surface area contributed by atoms with Crippen LogP contribution in [0.3, 0.4) is 0 Å². The second kappa shape index (κ2) is 7.71. The molecule has 0 aromatic carbocycles. The van der Waals surface area contributed by atoms with Crippen LogP contribution in [0.4, 0.5) is 0 Å². The highest BCUT2D eigenvalue weighted by atomic mass is 35.5. The topological polar surface area (TPSA) is 12.4 Å². The van der Waals surface area contributed by atoms with E-state index in [1.165, 1.54) is 0 Å². The Morgan fingerprint density at radius 2 is 1.76 bits per heavy atom. The van der Waals surface area contributed by atoms with Gasteiger partial charge in [-0.1, -0.05) is 58.9 Å². The maximum atomic E-state index is 6.16. The van der Waals surface area contributed by atoms with Crippen LogP contribution in [0.1, 0.15) is 48.0 Å². The Hall–Kier alpha value is -0.560. The van der Waals surface area contributed by atoms with E-state index in [-0.39, 0.29) is 5.92 Å². The molecule has 0 bridgehead atoms. The zero-order valence-electron chi connectivity index (χ0n) is 12.0. The monoisotopic (exact) mass is 255 g/mol. The average molecular weight is 256 g/mol. The van der Waals surface area contributed by atoms with Gasteiger partial charge in [-0.3, -0.25) is 0 Å². The first-order valence-corrected chi connectivity index (χ1v) is 6.73. The molecule has 0 aromatic heterocycles. The van der Waals surface area contributed by atoms with Crippen LogP contribution in [-0.4, -0.2) is 5.17 Å². The zero-order valence-corrected chi connectivity index (χ0v) is 12.8. The number of aliphatic imine (C=N–C) groups is 1. The summed E-state index contributed by atoms with van der Waals surface area (Å²) in [5, 5.41) is 0.678. The predicted octanol–water partition coefficient (Wildman–Crippen LogP) is 5.42. The van der Waals surface area contributed by atoms with Gasteiger partial charge in [-0.25, -0.2) is 4.99 Å². The van der Waals surface area contributed by atoms with Gasteiger partial charge in [0, 0.05) is 11.6 Å². The Kier molecular flexibility index (Phi) is 7.45. The molecule has 0 spiro atoms. The summed E-state index contributed by atoms with van der Waals surface area (Å²) >= 11 is 6.16. The summed E-state index contributed by atoms with van der Waals surface area (Å²) in [6.07, 6.45) is 2.81. The van der Waals surface area contributed by atoms with Gasteiger partial charge in [0.1, 0.15) is 5.17 Å². The fourth-order valence-corrected chi connectivity index (χ4v) is 1.31. The molecule has 0 N–H and O–H groups in total. The molecule has 0 aliphatic carbocycles. The predicted molar refractivity (Wildman–Crippen MR) is 79.6 cm³/mol. The van der Waals surface area contributed by atoms with Crippen LogP contribution in [0, 0.1) is 17.8 Å². The molecule has 98 valence electrons. The first kappa shape index (κ1) is 16.4. The third kappa shape index (κ3) is 6.07. The lowest BCUT2D eigenvalue weighted by Crippen LogP contribution is -2.07. The Balaban J connectivity index is 5.06. The van der Waals surface area contributed by atoms with Crippen LogP contribution in [0.25, 0.3) is 0 Å². The Bertz CT molecular complexity index is 311. The van der Waals surface area contributed by atoms with E-state index in [1.807, 2.05) is 13.0 Å². The van der Waals surface area contributed by atoms with Gasteiger partial charge in [-0.05, 0) is 30.8 Å². The number of halogens is 1. The van der Waals surface area contributed by atoms with E-state index in [0.29, 0.717) is 17.0 Å². The maximum Gasteiger partial charge on any atom is 0.109 e. The highest BCUT2D eigenvalue weighted by molar-refractivity contribution is 6.65. The second-order valence-corrected chi connectivity index (χ2v) is 5.74. The zero-order chi connectivity index (χ0) is 13.6. The van der Waals surface area contributed by atoms with E-state index < -0.39 is 0 Å². The molecule has 2 heteroatoms. The van der Waals surface area contributed by atoms with Crippen molar-refractivity contribution in [1.82, 2.24) is 0 Å². The molecule has 0 radical (unpaired) electrons. The van der Waals surface area contributed by atoms with Crippen molar-refractivity contribution in [2.75, 3.05) is 0 Å². The smallest absolute Gasteiger partial charge is 0.109 e. The molecule has 0 amide bonds. The van der Waals surface area contributed by atoms with Gasteiger partial charge in [0.2, 0.25) is 0 Å². The SMILES string of the molecule is C=C/C(C)=C(CC(C)C(C)C)\N=C(\Cl)C(C)C. The highest BCUT2D eigenvalue weighted by Crippen LogP contribution is 2.24. The van der Waals surface area contributed by atoms with Crippen LogP contribution in [-0.2, 0) is 0 Å². The lowest BCUT2D eigenvalue weighted by atomic mass is 9.92. The van der Waals surface area contributed by atoms with Crippen LogP contribution in [0.2, 0.25) is 0 Å². The van der Waals surface area contributed by atoms with E-state index in [2.05, 4.69) is 46.2 Å². The van der Waals surface area contributed by atoms with Crippen molar-refractivity contribution in [3.63, 3.8) is 0 Å². The lowest BCUT2D eigenvalue weighted by Gasteiger charge is -2.17. The minimum Gasteiger partial charge on any atom is -0.245 e. The fourth-order valence-electron chi connectivity index (χ4n) is 1.21. The standard InChI is InChI=1S/C15H26ClN/c1-8-12(6)14(9-13(7)10(2)3)17-15(16)11(4)5/h8,10-11,13H,1,9H2,2-7H3/b14-12-,17-15+. The lowest BCUT2D eigenvalue weighted by molar-refractivity contribution is 0.414. The van der Waals surface area contributed by atoms with E-state index in [1.54, 1.807) is 0 Å². The van der Waals surface area contributed by atoms with Crippen molar-refractivity contribution in [3.8, 4) is 0 Å². The number of nitrogens with zero attached hydrogens (tertiary/aromatic N) is 1. The average Bonchev–Trinajstić information content (AvgIpc) is 2.26. The van der Waals surface area contributed by atoms with Crippen LogP contribution in [0.15, 0.2) is 28.9 Å². The quantitative estimate of drug-likeness (QED) is 0.444. The normalized spacial score (nSPS) is 16.2. The first-order chi connectivity index (χ1) is 7.79. The molecule has 0 saturated heterocycles. The molecule has 0 rings (SSSR count). The fraction of sp³-hybridized carbons (Fsp3) is 0.667. The van der Waals surface area contributed by atoms with Crippen molar-refractivity contribution in [3.05, 3.63) is 23.9 Å². The molecule has 0 fully saturated rings. The molecular formula is C15H26ClN. The number of hydrogen-bond acceptors (Lipinski definition) is 1. The third-order valence-corrected chi connectivity index (χ3v) is 3.65. The van der Waals surface area contributed by atoms with E-state index >= 15 is 0 Å². The molecule has 1 nitrogen and oxygen atoms in total. The molecule has 1 unspecified atom stereocenters. The van der Waals surface area contributed by atoms with Crippen LogP contribution in [0.5, 0.6) is 0 Å². The minimum absolute atomic E-state index is 0.277. The second-order valence-electron chi connectivity index (χ2n) is 5.35. The van der Waals surface area contributed by atoms with E-state index in [0.717, 1.165) is 17.7 Å². The highest BCUT2D eigenvalue weighted by Gasteiger charge is 2.12. The molecule has 0 saturated carbocycles. The van der Waals surface area contributed by atoms with Gasteiger partial charge < -0.3 is 0 Å². The molecule has 0 aliphatic heterocycles. The summed E-state index contributed by atoms with van der Waals surface area (Å²) in [5.74, 6) is 1.52. The third-order valence-electron chi connectivity index (χ3n) is 3.13. The van der Waals surface area contributed by atoms with Crippen molar-refractivity contribution in [2.24, 2.45) is 22.7 Å². The minimum atomic E-state index is 0.277. The van der Waals surface area contributed by atoms with Gasteiger partial charge in [0.15, 0.2) is 0 Å². The number of allylic oxidation sites excluding steroid dienone is 3. The van der Waals surface area contributed by atoms with Gasteiger partial charge in [-0.15, -0.1) is 0 Å². The van der Waals surface area contributed by atoms with Crippen LogP contribution >= 0.6 is 11.6 Å². The van der Waals surface area contributed by atoms with Gasteiger partial charge >= 0.3 is 0 Å². The molecule has 17 heavy (non-hydrogen) atoms. The van der Waals surface area contributed by atoms with E-state index in [4.69, 9.17) is 11.6 Å². The summed E-state index contributed by atoms with van der Waals surface area (Å²) in [4.78, 5) is 4.56. The molecule has 1 atom stereocenters. The molecule has 0 aliphatic rings. The largest absolute Gasteiger partial charge is 0.245 e. The van der Waals surface area contributed by atoms with E-state index in [9.17, 15) is 0 Å². The van der Waals surface area contributed by atoms with Gasteiger partial charge in [0.05, 0.1) is 0 Å². The summed E-state index contributed by atoms with van der Waals surface area (Å²) in [6, 6.07) is 0. The Morgan fingerprint density at radius 3 is 2.12 bits per heavy atom. The maximum absolute atomic E-state index is 6.16. The number of hydrogen-bond donors (Lipinski definition) is 0. The summed E-state index contributed by atoms with van der Waals surface area (Å²) in [5.41, 5.74) is 2.19. The van der Waals surface area contributed by atoms with Crippen molar-refractivity contribution >= 4 is 16.8 Å². The van der Waals surface area contributed by atoms with Crippen LogP contribution < -0.4 is 0 Å². The molecule has 0 aromatic rings. The summed E-state index contributed by atoms with van der Waals surface area (Å²) < 4.78 is 0. The summed E-state index contributed by atoms with van der Waals surface area (Å²) in [6.45, 7) is 16.7. The Labute approximate surface area is 112 Å². The van der Waals surface area contributed by atoms with Crippen molar-refractivity contribution in [2.45, 2.75) is 48.0 Å².